The molecule has 1 saturated heterocycles. The first kappa shape index (κ1) is 16.8. The fraction of sp³-hybridized carbons (Fsp3) is 0.889. The molecule has 0 radical (unpaired) electrons. The van der Waals surface area contributed by atoms with Gasteiger partial charge in [0.05, 0.1) is 12.6 Å². The molecular formula is C18H34N2O. The highest BCUT2D eigenvalue weighted by Gasteiger charge is 2.41. The van der Waals surface area contributed by atoms with Gasteiger partial charge in [-0.1, -0.05) is 20.3 Å². The summed E-state index contributed by atoms with van der Waals surface area (Å²) >= 11 is 0. The van der Waals surface area contributed by atoms with Gasteiger partial charge in [0, 0.05) is 5.54 Å². The van der Waals surface area contributed by atoms with Crippen molar-refractivity contribution < 1.29 is 4.74 Å². The second kappa shape index (κ2) is 8.19. The highest BCUT2D eigenvalue weighted by molar-refractivity contribution is 5.15. The SMILES string of the molecule is CCCNC(C1=CCCCO1)C(C)(CC)N1CCCCC1. The first-order chi connectivity index (χ1) is 10.2. The summed E-state index contributed by atoms with van der Waals surface area (Å²) in [5.41, 5.74) is 0.165. The summed E-state index contributed by atoms with van der Waals surface area (Å²) in [6, 6.07) is 0.334. The molecule has 1 fully saturated rings. The molecule has 2 aliphatic rings. The summed E-state index contributed by atoms with van der Waals surface area (Å²) in [5, 5.41) is 3.79. The lowest BCUT2D eigenvalue weighted by Crippen LogP contribution is -2.61. The van der Waals surface area contributed by atoms with Crippen molar-refractivity contribution in [2.75, 3.05) is 26.2 Å². The van der Waals surface area contributed by atoms with Gasteiger partial charge < -0.3 is 10.1 Å². The second-order valence-electron chi connectivity index (χ2n) is 6.74. The third kappa shape index (κ3) is 4.01. The molecule has 3 nitrogen and oxygen atoms in total. The molecule has 0 aromatic carbocycles. The molecule has 0 saturated carbocycles. The lowest BCUT2D eigenvalue weighted by atomic mass is 9.83. The fourth-order valence-electron chi connectivity index (χ4n) is 3.71. The van der Waals surface area contributed by atoms with Gasteiger partial charge in [0.15, 0.2) is 0 Å². The molecule has 2 unspecified atom stereocenters. The van der Waals surface area contributed by atoms with E-state index in [9.17, 15) is 0 Å². The van der Waals surface area contributed by atoms with Crippen molar-refractivity contribution >= 4 is 0 Å². The van der Waals surface area contributed by atoms with Crippen LogP contribution in [0.15, 0.2) is 11.8 Å². The lowest BCUT2D eigenvalue weighted by Gasteiger charge is -2.49. The van der Waals surface area contributed by atoms with E-state index < -0.39 is 0 Å². The molecule has 2 heterocycles. The number of piperidine rings is 1. The molecule has 2 aliphatic heterocycles. The van der Waals surface area contributed by atoms with Gasteiger partial charge in [-0.2, -0.15) is 0 Å². The Morgan fingerprint density at radius 3 is 2.57 bits per heavy atom. The summed E-state index contributed by atoms with van der Waals surface area (Å²) < 4.78 is 6.05. The minimum absolute atomic E-state index is 0.165. The molecule has 122 valence electrons. The van der Waals surface area contributed by atoms with Crippen molar-refractivity contribution in [2.45, 2.75) is 77.3 Å². The van der Waals surface area contributed by atoms with E-state index in [1.807, 2.05) is 0 Å². The third-order valence-corrected chi connectivity index (χ3v) is 5.26. The van der Waals surface area contributed by atoms with Gasteiger partial charge in [-0.3, -0.25) is 4.90 Å². The van der Waals surface area contributed by atoms with Crippen molar-refractivity contribution in [2.24, 2.45) is 0 Å². The summed E-state index contributed by atoms with van der Waals surface area (Å²) in [4.78, 5) is 2.71. The van der Waals surface area contributed by atoms with Gasteiger partial charge in [0.2, 0.25) is 0 Å². The standard InChI is InChI=1S/C18H34N2O/c1-4-12-19-17(16-11-7-10-15-21-16)18(3,5-2)20-13-8-6-9-14-20/h11,17,19H,4-10,12-15H2,1-3H3. The van der Waals surface area contributed by atoms with Crippen molar-refractivity contribution in [3.63, 3.8) is 0 Å². The van der Waals surface area contributed by atoms with E-state index in [1.165, 1.54) is 51.0 Å². The van der Waals surface area contributed by atoms with Crippen molar-refractivity contribution in [3.8, 4) is 0 Å². The number of allylic oxidation sites excluding steroid dienone is 1. The average molecular weight is 294 g/mol. The van der Waals surface area contributed by atoms with Gasteiger partial charge in [-0.05, 0) is 71.2 Å². The number of hydrogen-bond donors (Lipinski definition) is 1. The van der Waals surface area contributed by atoms with Crippen LogP contribution in [0.2, 0.25) is 0 Å². The molecule has 2 rings (SSSR count). The Labute approximate surface area is 131 Å². The summed E-state index contributed by atoms with van der Waals surface area (Å²) in [6.07, 6.45) is 11.1. The normalized spacial score (nSPS) is 24.8. The molecule has 0 aromatic heterocycles. The maximum Gasteiger partial charge on any atom is 0.111 e. The molecule has 0 aliphatic carbocycles. The molecule has 3 heteroatoms. The van der Waals surface area contributed by atoms with Crippen LogP contribution in [0, 0.1) is 0 Å². The Morgan fingerprint density at radius 2 is 2.00 bits per heavy atom. The van der Waals surface area contributed by atoms with Crippen LogP contribution >= 0.6 is 0 Å². The average Bonchev–Trinajstić information content (AvgIpc) is 2.56. The van der Waals surface area contributed by atoms with E-state index in [2.05, 4.69) is 37.1 Å². The zero-order valence-corrected chi connectivity index (χ0v) is 14.3. The smallest absolute Gasteiger partial charge is 0.111 e. The van der Waals surface area contributed by atoms with Gasteiger partial charge >= 0.3 is 0 Å². The number of nitrogens with one attached hydrogen (secondary N) is 1. The monoisotopic (exact) mass is 294 g/mol. The maximum absolute atomic E-state index is 6.05. The topological polar surface area (TPSA) is 24.5 Å². The first-order valence-electron chi connectivity index (χ1n) is 9.03. The molecule has 0 amide bonds. The van der Waals surface area contributed by atoms with Crippen LogP contribution in [-0.4, -0.2) is 42.7 Å². The number of likely N-dealkylation sites (tertiary alicyclic amines) is 1. The Morgan fingerprint density at radius 1 is 1.24 bits per heavy atom. The number of hydrogen-bond acceptors (Lipinski definition) is 3. The number of ether oxygens (including phenoxy) is 1. The Balaban J connectivity index is 2.19. The fourth-order valence-corrected chi connectivity index (χ4v) is 3.71. The van der Waals surface area contributed by atoms with Gasteiger partial charge in [-0.15, -0.1) is 0 Å². The molecule has 1 N–H and O–H groups in total. The van der Waals surface area contributed by atoms with Crippen LogP contribution in [0.1, 0.15) is 65.7 Å². The van der Waals surface area contributed by atoms with E-state index >= 15 is 0 Å². The van der Waals surface area contributed by atoms with Crippen molar-refractivity contribution in [1.82, 2.24) is 10.2 Å². The molecule has 0 bridgehead atoms. The minimum atomic E-state index is 0.165. The third-order valence-electron chi connectivity index (χ3n) is 5.26. The highest BCUT2D eigenvalue weighted by atomic mass is 16.5. The molecule has 2 atom stereocenters. The largest absolute Gasteiger partial charge is 0.497 e. The Bertz CT molecular complexity index is 336. The van der Waals surface area contributed by atoms with Crippen molar-refractivity contribution in [3.05, 3.63) is 11.8 Å². The van der Waals surface area contributed by atoms with Crippen molar-refractivity contribution in [1.29, 1.82) is 0 Å². The van der Waals surface area contributed by atoms with E-state index in [0.717, 1.165) is 26.0 Å². The minimum Gasteiger partial charge on any atom is -0.497 e. The van der Waals surface area contributed by atoms with E-state index in [0.29, 0.717) is 6.04 Å². The first-order valence-corrected chi connectivity index (χ1v) is 9.03. The van der Waals surface area contributed by atoms with Crippen LogP contribution in [0.5, 0.6) is 0 Å². The Kier molecular flexibility index (Phi) is 6.56. The van der Waals surface area contributed by atoms with Gasteiger partial charge in [0.25, 0.3) is 0 Å². The summed E-state index contributed by atoms with van der Waals surface area (Å²) in [6.45, 7) is 11.4. The molecular weight excluding hydrogens is 260 g/mol. The summed E-state index contributed by atoms with van der Waals surface area (Å²) in [5.74, 6) is 1.20. The zero-order valence-electron chi connectivity index (χ0n) is 14.3. The molecule has 21 heavy (non-hydrogen) atoms. The van der Waals surface area contributed by atoms with E-state index in [4.69, 9.17) is 4.74 Å². The highest BCUT2D eigenvalue weighted by Crippen LogP contribution is 2.32. The van der Waals surface area contributed by atoms with Crippen LogP contribution in [0.3, 0.4) is 0 Å². The van der Waals surface area contributed by atoms with Crippen LogP contribution in [-0.2, 0) is 4.74 Å². The number of rotatable bonds is 7. The van der Waals surface area contributed by atoms with Crippen LogP contribution in [0.25, 0.3) is 0 Å². The predicted molar refractivity (Wildman–Crippen MR) is 89.5 cm³/mol. The molecule has 0 aromatic rings. The van der Waals surface area contributed by atoms with E-state index in [-0.39, 0.29) is 5.54 Å². The number of nitrogens with zero attached hydrogens (tertiary/aromatic N) is 1. The van der Waals surface area contributed by atoms with Crippen LogP contribution < -0.4 is 5.32 Å². The lowest BCUT2D eigenvalue weighted by molar-refractivity contribution is 0.0286. The van der Waals surface area contributed by atoms with Gasteiger partial charge in [0.1, 0.15) is 5.76 Å². The summed E-state index contributed by atoms with van der Waals surface area (Å²) in [7, 11) is 0. The quantitative estimate of drug-likeness (QED) is 0.775. The Hall–Kier alpha value is -0.540. The molecule has 0 spiro atoms. The van der Waals surface area contributed by atoms with Crippen LogP contribution in [0.4, 0.5) is 0 Å². The maximum atomic E-state index is 6.05. The van der Waals surface area contributed by atoms with Gasteiger partial charge in [-0.25, -0.2) is 0 Å². The zero-order chi connectivity index (χ0) is 15.1. The second-order valence-corrected chi connectivity index (χ2v) is 6.74. The van der Waals surface area contributed by atoms with E-state index in [1.54, 1.807) is 0 Å². The predicted octanol–water partition coefficient (Wildman–Crippen LogP) is 3.70.